The number of benzene rings is 2. The molecule has 3 heterocycles. The highest BCUT2D eigenvalue weighted by Crippen LogP contribution is 2.32. The van der Waals surface area contributed by atoms with E-state index >= 15 is 0 Å². The van der Waals surface area contributed by atoms with Gasteiger partial charge in [-0.05, 0) is 36.8 Å². The fourth-order valence-corrected chi connectivity index (χ4v) is 4.83. The van der Waals surface area contributed by atoms with Gasteiger partial charge in [0.2, 0.25) is 5.91 Å². The van der Waals surface area contributed by atoms with Crippen molar-refractivity contribution < 1.29 is 9.18 Å². The maximum atomic E-state index is 13.7. The van der Waals surface area contributed by atoms with E-state index in [0.29, 0.717) is 38.1 Å². The number of hydrogen-bond acceptors (Lipinski definition) is 4. The van der Waals surface area contributed by atoms with Crippen molar-refractivity contribution in [1.82, 2.24) is 19.2 Å². The van der Waals surface area contributed by atoms with Gasteiger partial charge in [-0.15, -0.1) is 0 Å². The molecule has 0 aliphatic carbocycles. The number of piperazine rings is 1. The second-order valence-electron chi connectivity index (χ2n) is 8.44. The summed E-state index contributed by atoms with van der Waals surface area (Å²) in [6.45, 7) is 4.47. The van der Waals surface area contributed by atoms with Gasteiger partial charge in [-0.25, -0.2) is 9.07 Å². The number of amides is 1. The number of anilines is 1. The Bertz CT molecular complexity index is 1380. The van der Waals surface area contributed by atoms with E-state index in [9.17, 15) is 14.0 Å². The molecule has 33 heavy (non-hydrogen) atoms. The predicted molar refractivity (Wildman–Crippen MR) is 127 cm³/mol. The molecule has 4 aromatic rings. The van der Waals surface area contributed by atoms with Crippen molar-refractivity contribution in [2.45, 2.75) is 19.4 Å². The van der Waals surface area contributed by atoms with E-state index in [1.165, 1.54) is 16.8 Å². The third-order valence-electron chi connectivity index (χ3n) is 6.57. The molecule has 0 saturated carbocycles. The highest BCUT2D eigenvalue weighted by molar-refractivity contribution is 6.08. The van der Waals surface area contributed by atoms with E-state index in [4.69, 9.17) is 0 Å². The first-order valence-electron chi connectivity index (χ1n) is 11.2. The van der Waals surface area contributed by atoms with Gasteiger partial charge in [0.05, 0.1) is 11.7 Å². The number of fused-ring (bicyclic) bond motifs is 3. The molecule has 1 aliphatic rings. The van der Waals surface area contributed by atoms with Crippen LogP contribution in [0.2, 0.25) is 0 Å². The number of nitrogens with zero attached hydrogens (tertiary/aromatic N) is 5. The molecule has 1 fully saturated rings. The van der Waals surface area contributed by atoms with E-state index in [1.807, 2.05) is 40.7 Å². The molecule has 1 amide bonds. The van der Waals surface area contributed by atoms with Crippen LogP contribution < -0.4 is 10.5 Å². The minimum Gasteiger partial charge on any atom is -0.368 e. The van der Waals surface area contributed by atoms with E-state index in [2.05, 4.69) is 10.00 Å². The summed E-state index contributed by atoms with van der Waals surface area (Å²) < 4.78 is 16.5. The number of rotatable bonds is 4. The van der Waals surface area contributed by atoms with E-state index in [-0.39, 0.29) is 17.3 Å². The summed E-state index contributed by atoms with van der Waals surface area (Å²) >= 11 is 0. The van der Waals surface area contributed by atoms with Gasteiger partial charge < -0.3 is 14.4 Å². The van der Waals surface area contributed by atoms with E-state index in [0.717, 1.165) is 22.0 Å². The smallest absolute Gasteiger partial charge is 0.291 e. The monoisotopic (exact) mass is 447 g/mol. The van der Waals surface area contributed by atoms with Gasteiger partial charge in [-0.2, -0.15) is 5.10 Å². The minimum atomic E-state index is -0.486. The highest BCUT2D eigenvalue weighted by Gasteiger charge is 2.30. The van der Waals surface area contributed by atoms with Crippen molar-refractivity contribution in [2.75, 3.05) is 31.1 Å². The molecule has 0 N–H and O–H groups in total. The average molecular weight is 448 g/mol. The molecule has 2 aromatic carbocycles. The van der Waals surface area contributed by atoms with Crippen LogP contribution in [0.25, 0.3) is 21.8 Å². The topological polar surface area (TPSA) is 63.4 Å². The number of halogens is 1. The Kier molecular flexibility index (Phi) is 5.36. The molecular weight excluding hydrogens is 421 g/mol. The van der Waals surface area contributed by atoms with Crippen LogP contribution >= 0.6 is 0 Å². The molecule has 1 aliphatic heterocycles. The molecular formula is C25H26FN5O2. The van der Waals surface area contributed by atoms with Crippen LogP contribution in [0.5, 0.6) is 0 Å². The highest BCUT2D eigenvalue weighted by atomic mass is 19.1. The lowest BCUT2D eigenvalue weighted by Gasteiger charge is -2.38. The van der Waals surface area contributed by atoms with Gasteiger partial charge in [0.25, 0.3) is 5.56 Å². The van der Waals surface area contributed by atoms with Crippen molar-refractivity contribution in [3.05, 3.63) is 70.9 Å². The first-order chi connectivity index (χ1) is 16.0. The van der Waals surface area contributed by atoms with Crippen LogP contribution in [0.4, 0.5) is 10.1 Å². The molecule has 170 valence electrons. The Labute approximate surface area is 190 Å². The lowest BCUT2D eigenvalue weighted by Crippen LogP contribution is -2.50. The Hall–Kier alpha value is -3.68. The third kappa shape index (κ3) is 3.55. The number of aromatic nitrogens is 3. The van der Waals surface area contributed by atoms with Crippen LogP contribution in [0.3, 0.4) is 0 Å². The summed E-state index contributed by atoms with van der Waals surface area (Å²) in [4.78, 5) is 30.8. The molecule has 0 unspecified atom stereocenters. The Morgan fingerprint density at radius 1 is 1.03 bits per heavy atom. The van der Waals surface area contributed by atoms with Crippen LogP contribution in [-0.2, 0) is 11.8 Å². The standard InChI is InChI=1S/C25H26FN5O2/c1-3-21(24(32)30-14-12-29(13-15-30)18-10-8-17(26)9-11-18)31-22-7-5-4-6-19(22)20-16-27-28(2)25(33)23(20)31/h4-11,16,21H,3,12-15H2,1-2H3/t21-/m0/s1. The quantitative estimate of drug-likeness (QED) is 0.482. The van der Waals surface area contributed by atoms with Crippen molar-refractivity contribution in [3.63, 3.8) is 0 Å². The zero-order valence-corrected chi connectivity index (χ0v) is 18.7. The maximum absolute atomic E-state index is 13.7. The Morgan fingerprint density at radius 3 is 2.42 bits per heavy atom. The second-order valence-corrected chi connectivity index (χ2v) is 8.44. The van der Waals surface area contributed by atoms with Crippen molar-refractivity contribution in [1.29, 1.82) is 0 Å². The SMILES string of the molecule is CC[C@@H](C(=O)N1CCN(c2ccc(F)cc2)CC1)n1c2ccccc2c2cnn(C)c(=O)c21. The number of para-hydroxylation sites is 1. The summed E-state index contributed by atoms with van der Waals surface area (Å²) in [6.07, 6.45) is 2.27. The molecule has 0 spiro atoms. The molecule has 1 atom stereocenters. The van der Waals surface area contributed by atoms with E-state index < -0.39 is 6.04 Å². The van der Waals surface area contributed by atoms with Crippen LogP contribution in [0.1, 0.15) is 19.4 Å². The van der Waals surface area contributed by atoms with Gasteiger partial charge in [-0.3, -0.25) is 9.59 Å². The Balaban J connectivity index is 1.48. The van der Waals surface area contributed by atoms with Crippen molar-refractivity contribution in [3.8, 4) is 0 Å². The first-order valence-corrected chi connectivity index (χ1v) is 11.2. The van der Waals surface area contributed by atoms with Crippen molar-refractivity contribution >= 4 is 33.4 Å². The summed E-state index contributed by atoms with van der Waals surface area (Å²) in [5.41, 5.74) is 2.12. The zero-order valence-electron chi connectivity index (χ0n) is 18.7. The first kappa shape index (κ1) is 21.2. The number of hydrogen-bond donors (Lipinski definition) is 0. The van der Waals surface area contributed by atoms with Gasteiger partial charge in [0.15, 0.2) is 0 Å². The van der Waals surface area contributed by atoms with Gasteiger partial charge in [0, 0.05) is 49.7 Å². The molecule has 7 nitrogen and oxygen atoms in total. The summed E-state index contributed by atoms with van der Waals surface area (Å²) in [5, 5.41) is 5.89. The van der Waals surface area contributed by atoms with Crippen LogP contribution in [0, 0.1) is 5.82 Å². The Morgan fingerprint density at radius 2 is 1.73 bits per heavy atom. The van der Waals surface area contributed by atoms with Crippen LogP contribution in [-0.4, -0.2) is 51.3 Å². The third-order valence-corrected chi connectivity index (χ3v) is 6.57. The summed E-state index contributed by atoms with van der Waals surface area (Å²) in [5.74, 6) is -0.247. The number of carbonyl (C=O) groups is 1. The van der Waals surface area contributed by atoms with Gasteiger partial charge in [-0.1, -0.05) is 25.1 Å². The molecule has 2 aromatic heterocycles. The molecule has 8 heteroatoms. The lowest BCUT2D eigenvalue weighted by atomic mass is 10.1. The molecule has 0 radical (unpaired) electrons. The second kappa shape index (κ2) is 8.35. The fraction of sp³-hybridized carbons (Fsp3) is 0.320. The maximum Gasteiger partial charge on any atom is 0.291 e. The fourth-order valence-electron chi connectivity index (χ4n) is 4.83. The van der Waals surface area contributed by atoms with Gasteiger partial charge in [0.1, 0.15) is 17.4 Å². The molecule has 5 rings (SSSR count). The summed E-state index contributed by atoms with van der Waals surface area (Å²) in [7, 11) is 1.63. The molecule has 0 bridgehead atoms. The summed E-state index contributed by atoms with van der Waals surface area (Å²) in [6, 6.07) is 13.7. The van der Waals surface area contributed by atoms with Gasteiger partial charge >= 0.3 is 0 Å². The number of carbonyl (C=O) groups excluding carboxylic acids is 1. The minimum absolute atomic E-state index is 0.0118. The molecule has 1 saturated heterocycles. The predicted octanol–water partition coefficient (Wildman–Crippen LogP) is 3.33. The normalized spacial score (nSPS) is 15.4. The van der Waals surface area contributed by atoms with E-state index in [1.54, 1.807) is 25.4 Å². The average Bonchev–Trinajstić information content (AvgIpc) is 3.17. The zero-order chi connectivity index (χ0) is 23.1. The van der Waals surface area contributed by atoms with Crippen molar-refractivity contribution in [2.24, 2.45) is 7.05 Å². The number of aryl methyl sites for hydroxylation is 1. The largest absolute Gasteiger partial charge is 0.368 e. The van der Waals surface area contributed by atoms with Crippen LogP contribution in [0.15, 0.2) is 59.5 Å². The lowest BCUT2D eigenvalue weighted by molar-refractivity contribution is -0.135.